The van der Waals surface area contributed by atoms with Crippen LogP contribution in [0, 0.1) is 0 Å². The largest absolute Gasteiger partial charge is 0.465 e. The number of aliphatic hydroxyl groups excluding tert-OH is 1. The van der Waals surface area contributed by atoms with Gasteiger partial charge in [0.25, 0.3) is 6.47 Å². The Balaban J connectivity index is 0. The number of likely N-dealkylation sites (N-methyl/N-ethyl adjacent to an activating group) is 1. The van der Waals surface area contributed by atoms with Crippen molar-refractivity contribution in [1.82, 2.24) is 4.90 Å². The second kappa shape index (κ2) is 11.4. The Morgan fingerprint density at radius 2 is 2.08 bits per heavy atom. The Morgan fingerprint density at radius 1 is 1.54 bits per heavy atom. The zero-order chi connectivity index (χ0) is 10.7. The van der Waals surface area contributed by atoms with Gasteiger partial charge >= 0.3 is 0 Å². The van der Waals surface area contributed by atoms with Crippen molar-refractivity contribution >= 4 is 6.47 Å². The molecule has 0 saturated heterocycles. The van der Waals surface area contributed by atoms with Crippen molar-refractivity contribution in [2.24, 2.45) is 0 Å². The molecule has 4 nitrogen and oxygen atoms in total. The summed E-state index contributed by atoms with van der Waals surface area (Å²) in [5.74, 6) is 0. The summed E-state index contributed by atoms with van der Waals surface area (Å²) in [6, 6.07) is 0. The first kappa shape index (κ1) is 14.9. The van der Waals surface area contributed by atoms with E-state index in [4.69, 9.17) is 5.11 Å². The molecule has 0 aromatic carbocycles. The van der Waals surface area contributed by atoms with E-state index in [0.29, 0.717) is 6.47 Å². The van der Waals surface area contributed by atoms with Crippen molar-refractivity contribution in [2.75, 3.05) is 26.7 Å². The van der Waals surface area contributed by atoms with Gasteiger partial charge in [-0.2, -0.15) is 0 Å². The molecule has 80 valence electrons. The average Bonchev–Trinajstić information content (AvgIpc) is 2.05. The third kappa shape index (κ3) is 18.4. The second-order valence-corrected chi connectivity index (χ2v) is 2.90. The average molecular weight is 191 g/mol. The van der Waals surface area contributed by atoms with Gasteiger partial charge < -0.3 is 14.7 Å². The molecule has 0 aromatic rings. The van der Waals surface area contributed by atoms with E-state index in [1.165, 1.54) is 0 Å². The van der Waals surface area contributed by atoms with Crippen LogP contribution < -0.4 is 0 Å². The van der Waals surface area contributed by atoms with Crippen LogP contribution in [0.3, 0.4) is 0 Å². The molecule has 13 heavy (non-hydrogen) atoms. The summed E-state index contributed by atoms with van der Waals surface area (Å²) in [5.41, 5.74) is 0. The molecule has 4 heteroatoms. The lowest BCUT2D eigenvalue weighted by Gasteiger charge is -2.09. The van der Waals surface area contributed by atoms with E-state index in [9.17, 15) is 4.79 Å². The molecule has 0 radical (unpaired) electrons. The van der Waals surface area contributed by atoms with Crippen LogP contribution in [0.1, 0.15) is 20.8 Å². The Labute approximate surface area is 80.5 Å². The summed E-state index contributed by atoms with van der Waals surface area (Å²) in [5, 5.41) is 8.33. The third-order valence-corrected chi connectivity index (χ3v) is 1.35. The Kier molecular flexibility index (Phi) is 13.0. The Bertz CT molecular complexity index is 107. The van der Waals surface area contributed by atoms with Crippen LogP contribution in [0.5, 0.6) is 0 Å². The van der Waals surface area contributed by atoms with Crippen LogP contribution in [0.2, 0.25) is 0 Å². The molecule has 1 N–H and O–H groups in total. The minimum absolute atomic E-state index is 0.0301. The SMILES string of the molecule is CC(C)OC=O.CCN(C)CCO. The zero-order valence-electron chi connectivity index (χ0n) is 8.99. The number of ether oxygens (including phenoxy) is 1. The first-order valence-corrected chi connectivity index (χ1v) is 4.46. The Hall–Kier alpha value is -0.610. The fraction of sp³-hybridized carbons (Fsp3) is 0.889. The maximum atomic E-state index is 9.39. The molecular weight excluding hydrogens is 170 g/mol. The smallest absolute Gasteiger partial charge is 0.293 e. The van der Waals surface area contributed by atoms with E-state index in [2.05, 4.69) is 16.6 Å². The molecule has 0 unspecified atom stereocenters. The van der Waals surface area contributed by atoms with Gasteiger partial charge in [-0.15, -0.1) is 0 Å². The van der Waals surface area contributed by atoms with Gasteiger partial charge in [0.05, 0.1) is 12.7 Å². The summed E-state index contributed by atoms with van der Waals surface area (Å²) < 4.78 is 4.36. The highest BCUT2D eigenvalue weighted by molar-refractivity contribution is 5.37. The van der Waals surface area contributed by atoms with Gasteiger partial charge in [-0.1, -0.05) is 6.92 Å². The van der Waals surface area contributed by atoms with Crippen LogP contribution in [-0.2, 0) is 9.53 Å². The highest BCUT2D eigenvalue weighted by Gasteiger charge is 1.87. The predicted octanol–water partition coefficient (Wildman–Crippen LogP) is 0.498. The molecule has 0 bridgehead atoms. The number of aliphatic hydroxyl groups is 1. The van der Waals surface area contributed by atoms with Crippen molar-refractivity contribution in [3.63, 3.8) is 0 Å². The molecule has 0 saturated carbocycles. The maximum absolute atomic E-state index is 9.39. The third-order valence-electron chi connectivity index (χ3n) is 1.35. The van der Waals surface area contributed by atoms with Crippen molar-refractivity contribution in [1.29, 1.82) is 0 Å². The van der Waals surface area contributed by atoms with Crippen molar-refractivity contribution in [2.45, 2.75) is 26.9 Å². The van der Waals surface area contributed by atoms with Gasteiger partial charge in [0.1, 0.15) is 0 Å². The number of hydrogen-bond donors (Lipinski definition) is 1. The molecule has 0 aromatic heterocycles. The number of nitrogens with zero attached hydrogens (tertiary/aromatic N) is 1. The lowest BCUT2D eigenvalue weighted by molar-refractivity contribution is -0.131. The standard InChI is InChI=1S/C5H13NO.C4H8O2/c1-3-6(2)4-5-7;1-4(2)6-3-5/h7H,3-5H2,1-2H3;3-4H,1-2H3. The van der Waals surface area contributed by atoms with Crippen molar-refractivity contribution in [3.8, 4) is 0 Å². The molecule has 0 aliphatic heterocycles. The van der Waals surface area contributed by atoms with Crippen LogP contribution >= 0.6 is 0 Å². The monoisotopic (exact) mass is 191 g/mol. The molecular formula is C9H21NO3. The molecule has 0 fully saturated rings. The predicted molar refractivity (Wildman–Crippen MR) is 52.5 cm³/mol. The quantitative estimate of drug-likeness (QED) is 0.643. The molecule has 0 atom stereocenters. The molecule has 0 amide bonds. The molecule has 0 rings (SSSR count). The first-order valence-electron chi connectivity index (χ1n) is 4.46. The van der Waals surface area contributed by atoms with E-state index >= 15 is 0 Å². The van der Waals surface area contributed by atoms with Crippen LogP contribution in [-0.4, -0.2) is 49.3 Å². The number of carbonyl (C=O) groups excluding carboxylic acids is 1. The van der Waals surface area contributed by atoms with Gasteiger partial charge in [-0.25, -0.2) is 0 Å². The topological polar surface area (TPSA) is 49.8 Å². The maximum Gasteiger partial charge on any atom is 0.293 e. The van der Waals surface area contributed by atoms with Crippen molar-refractivity contribution in [3.05, 3.63) is 0 Å². The molecule has 0 aliphatic rings. The van der Waals surface area contributed by atoms with Crippen LogP contribution in [0.4, 0.5) is 0 Å². The lowest BCUT2D eigenvalue weighted by atomic mass is 10.5. The highest BCUT2D eigenvalue weighted by atomic mass is 16.5. The van der Waals surface area contributed by atoms with E-state index in [-0.39, 0.29) is 12.7 Å². The number of rotatable bonds is 5. The summed E-state index contributed by atoms with van der Waals surface area (Å²) in [6.45, 7) is 8.19. The molecule has 0 aliphatic carbocycles. The fourth-order valence-electron chi connectivity index (χ4n) is 0.440. The molecule has 0 spiro atoms. The number of carbonyl (C=O) groups is 1. The van der Waals surface area contributed by atoms with Crippen molar-refractivity contribution < 1.29 is 14.6 Å². The van der Waals surface area contributed by atoms with Crippen LogP contribution in [0.15, 0.2) is 0 Å². The first-order chi connectivity index (χ1) is 6.08. The van der Waals surface area contributed by atoms with Gasteiger partial charge in [0, 0.05) is 6.54 Å². The number of hydrogen-bond acceptors (Lipinski definition) is 4. The zero-order valence-corrected chi connectivity index (χ0v) is 8.99. The van der Waals surface area contributed by atoms with Crippen LogP contribution in [0.25, 0.3) is 0 Å². The van der Waals surface area contributed by atoms with Gasteiger partial charge in [-0.3, -0.25) is 4.79 Å². The normalized spacial score (nSPS) is 9.46. The van der Waals surface area contributed by atoms with E-state index < -0.39 is 0 Å². The van der Waals surface area contributed by atoms with Gasteiger partial charge in [0.2, 0.25) is 0 Å². The lowest BCUT2D eigenvalue weighted by Crippen LogP contribution is -2.20. The minimum Gasteiger partial charge on any atom is -0.465 e. The Morgan fingerprint density at radius 3 is 2.15 bits per heavy atom. The fourth-order valence-corrected chi connectivity index (χ4v) is 0.440. The summed E-state index contributed by atoms with van der Waals surface area (Å²) in [7, 11) is 1.98. The van der Waals surface area contributed by atoms with E-state index in [1.807, 2.05) is 7.05 Å². The van der Waals surface area contributed by atoms with Gasteiger partial charge in [0.15, 0.2) is 0 Å². The van der Waals surface area contributed by atoms with E-state index in [1.54, 1.807) is 13.8 Å². The summed E-state index contributed by atoms with van der Waals surface area (Å²) >= 11 is 0. The minimum atomic E-state index is 0.0301. The molecule has 0 heterocycles. The summed E-state index contributed by atoms with van der Waals surface area (Å²) in [4.78, 5) is 11.4. The summed E-state index contributed by atoms with van der Waals surface area (Å²) in [6.07, 6.45) is 0.0301. The second-order valence-electron chi connectivity index (χ2n) is 2.90. The van der Waals surface area contributed by atoms with E-state index in [0.717, 1.165) is 13.1 Å². The highest BCUT2D eigenvalue weighted by Crippen LogP contribution is 1.79. The van der Waals surface area contributed by atoms with Gasteiger partial charge in [-0.05, 0) is 27.4 Å².